The van der Waals surface area contributed by atoms with Gasteiger partial charge in [0.15, 0.2) is 0 Å². The lowest BCUT2D eigenvalue weighted by atomic mass is 10.0. The van der Waals surface area contributed by atoms with E-state index < -0.39 is 0 Å². The van der Waals surface area contributed by atoms with Gasteiger partial charge in [0.25, 0.3) is 0 Å². The van der Waals surface area contributed by atoms with Crippen LogP contribution in [0, 0.1) is 5.92 Å². The highest BCUT2D eigenvalue weighted by atomic mass is 16.5. The summed E-state index contributed by atoms with van der Waals surface area (Å²) in [6.45, 7) is 3.67. The Labute approximate surface area is 96.4 Å². The number of hydrogen-bond acceptors (Lipinski definition) is 3. The molecule has 1 heterocycles. The van der Waals surface area contributed by atoms with E-state index in [0.717, 1.165) is 50.6 Å². The van der Waals surface area contributed by atoms with E-state index in [2.05, 4.69) is 5.32 Å². The van der Waals surface area contributed by atoms with Gasteiger partial charge in [0.05, 0.1) is 0 Å². The van der Waals surface area contributed by atoms with E-state index in [1.54, 1.807) is 12.1 Å². The van der Waals surface area contributed by atoms with Crippen LogP contribution in [0.15, 0.2) is 24.3 Å². The van der Waals surface area contributed by atoms with Crippen molar-refractivity contribution in [1.82, 2.24) is 5.32 Å². The quantitative estimate of drug-likeness (QED) is 0.816. The number of ether oxygens (including phenoxy) is 1. The maximum absolute atomic E-state index is 9.32. The molecule has 1 saturated heterocycles. The van der Waals surface area contributed by atoms with Crippen LogP contribution in [0.25, 0.3) is 0 Å². The Hall–Kier alpha value is -1.06. The Morgan fingerprint density at radius 1 is 1.31 bits per heavy atom. The summed E-state index contributed by atoms with van der Waals surface area (Å²) in [5.41, 5.74) is 1.13. The summed E-state index contributed by atoms with van der Waals surface area (Å²) in [4.78, 5) is 0. The van der Waals surface area contributed by atoms with Crippen LogP contribution >= 0.6 is 0 Å². The van der Waals surface area contributed by atoms with Crippen molar-refractivity contribution in [2.75, 3.05) is 19.8 Å². The van der Waals surface area contributed by atoms with Crippen LogP contribution in [0.2, 0.25) is 0 Å². The molecule has 16 heavy (non-hydrogen) atoms. The second kappa shape index (κ2) is 5.87. The molecule has 2 rings (SSSR count). The molecule has 1 fully saturated rings. The molecule has 3 heteroatoms. The number of hydrogen-bond donors (Lipinski definition) is 2. The summed E-state index contributed by atoms with van der Waals surface area (Å²) in [5.74, 6) is 1.08. The Bertz CT molecular complexity index is 321. The van der Waals surface area contributed by atoms with Crippen molar-refractivity contribution in [1.29, 1.82) is 0 Å². The molecule has 0 bridgehead atoms. The van der Waals surface area contributed by atoms with Crippen molar-refractivity contribution in [3.05, 3.63) is 29.8 Å². The maximum atomic E-state index is 9.32. The van der Waals surface area contributed by atoms with Crippen molar-refractivity contribution in [3.63, 3.8) is 0 Å². The summed E-state index contributed by atoms with van der Waals surface area (Å²) < 4.78 is 5.32. The number of aromatic hydroxyl groups is 1. The molecule has 1 aliphatic rings. The molecule has 2 N–H and O–H groups in total. The summed E-state index contributed by atoms with van der Waals surface area (Å²) in [7, 11) is 0. The van der Waals surface area contributed by atoms with Gasteiger partial charge in [-0.15, -0.1) is 0 Å². The zero-order chi connectivity index (χ0) is 11.2. The molecule has 0 aliphatic carbocycles. The molecule has 88 valence electrons. The monoisotopic (exact) mass is 221 g/mol. The van der Waals surface area contributed by atoms with Gasteiger partial charge in [0.2, 0.25) is 0 Å². The van der Waals surface area contributed by atoms with Gasteiger partial charge in [-0.3, -0.25) is 0 Å². The molecule has 0 saturated carbocycles. The van der Waals surface area contributed by atoms with Crippen LogP contribution in [0.5, 0.6) is 5.75 Å². The molecule has 0 atom stereocenters. The number of nitrogens with one attached hydrogen (secondary N) is 1. The van der Waals surface area contributed by atoms with Gasteiger partial charge in [-0.25, -0.2) is 0 Å². The first-order chi connectivity index (χ1) is 7.84. The fourth-order valence-electron chi connectivity index (χ4n) is 2.04. The fourth-order valence-corrected chi connectivity index (χ4v) is 2.04. The van der Waals surface area contributed by atoms with E-state index in [1.807, 2.05) is 12.1 Å². The van der Waals surface area contributed by atoms with Gasteiger partial charge in [0.1, 0.15) is 5.75 Å². The molecule has 0 unspecified atom stereocenters. The molecular formula is C13H19NO2. The van der Waals surface area contributed by atoms with E-state index in [1.165, 1.54) is 0 Å². The number of phenols is 1. The third-order valence-corrected chi connectivity index (χ3v) is 3.01. The normalized spacial score (nSPS) is 17.5. The smallest absolute Gasteiger partial charge is 0.115 e. The minimum Gasteiger partial charge on any atom is -0.508 e. The van der Waals surface area contributed by atoms with Crippen LogP contribution in [0.1, 0.15) is 18.4 Å². The second-order valence-electron chi connectivity index (χ2n) is 4.36. The minimum absolute atomic E-state index is 0.338. The molecule has 1 aromatic carbocycles. The van der Waals surface area contributed by atoms with Crippen molar-refractivity contribution in [2.45, 2.75) is 19.4 Å². The first-order valence-corrected chi connectivity index (χ1v) is 5.91. The highest BCUT2D eigenvalue weighted by molar-refractivity contribution is 5.26. The standard InChI is InChI=1S/C13H19NO2/c15-13-3-1-2-12(8-13)10-14-9-11-4-6-16-7-5-11/h1-3,8,11,14-15H,4-7,9-10H2. The SMILES string of the molecule is Oc1cccc(CNCC2CCOCC2)c1. The van der Waals surface area contributed by atoms with E-state index >= 15 is 0 Å². The summed E-state index contributed by atoms with van der Waals surface area (Å²) in [6.07, 6.45) is 2.32. The summed E-state index contributed by atoms with van der Waals surface area (Å²) in [5, 5.41) is 12.7. The van der Waals surface area contributed by atoms with Crippen molar-refractivity contribution in [3.8, 4) is 5.75 Å². The maximum Gasteiger partial charge on any atom is 0.115 e. The van der Waals surface area contributed by atoms with Crippen molar-refractivity contribution in [2.24, 2.45) is 5.92 Å². The van der Waals surface area contributed by atoms with E-state index in [4.69, 9.17) is 4.74 Å². The van der Waals surface area contributed by atoms with E-state index in [0.29, 0.717) is 5.75 Å². The number of benzene rings is 1. The molecule has 1 aromatic rings. The molecule has 3 nitrogen and oxygen atoms in total. The van der Waals surface area contributed by atoms with Crippen molar-refractivity contribution < 1.29 is 9.84 Å². The van der Waals surface area contributed by atoms with Crippen molar-refractivity contribution >= 4 is 0 Å². The average Bonchev–Trinajstić information content (AvgIpc) is 2.30. The third-order valence-electron chi connectivity index (χ3n) is 3.01. The van der Waals surface area contributed by atoms with Gasteiger partial charge in [-0.05, 0) is 43.0 Å². The van der Waals surface area contributed by atoms with E-state index in [9.17, 15) is 5.11 Å². The third kappa shape index (κ3) is 3.51. The Balaban J connectivity index is 1.71. The van der Waals surface area contributed by atoms with Gasteiger partial charge in [0, 0.05) is 19.8 Å². The molecule has 0 aromatic heterocycles. The highest BCUT2D eigenvalue weighted by Crippen LogP contribution is 2.14. The van der Waals surface area contributed by atoms with Crippen LogP contribution < -0.4 is 5.32 Å². The van der Waals surface area contributed by atoms with Gasteiger partial charge < -0.3 is 15.2 Å². The highest BCUT2D eigenvalue weighted by Gasteiger charge is 2.12. The Morgan fingerprint density at radius 3 is 2.88 bits per heavy atom. The van der Waals surface area contributed by atoms with Gasteiger partial charge >= 0.3 is 0 Å². The Morgan fingerprint density at radius 2 is 2.12 bits per heavy atom. The Kier molecular flexibility index (Phi) is 4.19. The zero-order valence-corrected chi connectivity index (χ0v) is 9.48. The van der Waals surface area contributed by atoms with Crippen LogP contribution in [0.4, 0.5) is 0 Å². The lowest BCUT2D eigenvalue weighted by molar-refractivity contribution is 0.0662. The molecule has 0 spiro atoms. The van der Waals surface area contributed by atoms with Crippen LogP contribution in [-0.2, 0) is 11.3 Å². The van der Waals surface area contributed by atoms with Crippen LogP contribution in [0.3, 0.4) is 0 Å². The molecule has 0 radical (unpaired) electrons. The predicted octanol–water partition coefficient (Wildman–Crippen LogP) is 1.91. The van der Waals surface area contributed by atoms with E-state index in [-0.39, 0.29) is 0 Å². The lowest BCUT2D eigenvalue weighted by Crippen LogP contribution is -2.27. The molecule has 1 aliphatic heterocycles. The number of phenolic OH excluding ortho intramolecular Hbond substituents is 1. The van der Waals surface area contributed by atoms with Gasteiger partial charge in [-0.2, -0.15) is 0 Å². The zero-order valence-electron chi connectivity index (χ0n) is 9.48. The second-order valence-corrected chi connectivity index (χ2v) is 4.36. The number of rotatable bonds is 4. The largest absolute Gasteiger partial charge is 0.508 e. The van der Waals surface area contributed by atoms with Gasteiger partial charge in [-0.1, -0.05) is 12.1 Å². The fraction of sp³-hybridized carbons (Fsp3) is 0.538. The first-order valence-electron chi connectivity index (χ1n) is 5.91. The summed E-state index contributed by atoms with van der Waals surface area (Å²) in [6, 6.07) is 7.40. The van der Waals surface area contributed by atoms with Crippen LogP contribution in [-0.4, -0.2) is 24.9 Å². The topological polar surface area (TPSA) is 41.5 Å². The molecule has 0 amide bonds. The minimum atomic E-state index is 0.338. The lowest BCUT2D eigenvalue weighted by Gasteiger charge is -2.22. The predicted molar refractivity (Wildman–Crippen MR) is 63.4 cm³/mol. The first kappa shape index (κ1) is 11.4. The average molecular weight is 221 g/mol. The molecular weight excluding hydrogens is 202 g/mol. The summed E-state index contributed by atoms with van der Waals surface area (Å²) >= 11 is 0.